The molecule has 0 saturated carbocycles. The first kappa shape index (κ1) is 10.1. The second-order valence-corrected chi connectivity index (χ2v) is 4.78. The Bertz CT molecular complexity index is 462. The summed E-state index contributed by atoms with van der Waals surface area (Å²) in [5.41, 5.74) is 4.95. The van der Waals surface area contributed by atoms with Crippen LogP contribution < -0.4 is 0 Å². The average molecular weight is 216 g/mol. The fourth-order valence-corrected chi connectivity index (χ4v) is 2.83. The largest absolute Gasteiger partial charge is 0.393 e. The van der Waals surface area contributed by atoms with E-state index in [2.05, 4.69) is 24.3 Å². The topological polar surface area (TPSA) is 29.5 Å². The second-order valence-electron chi connectivity index (χ2n) is 4.78. The van der Waals surface area contributed by atoms with Gasteiger partial charge in [-0.15, -0.1) is 0 Å². The smallest absolute Gasteiger partial charge is 0.110 e. The van der Waals surface area contributed by atoms with Crippen molar-refractivity contribution in [2.24, 2.45) is 0 Å². The molecular formula is C14H16O2. The molecule has 0 radical (unpaired) electrons. The Labute approximate surface area is 95.6 Å². The Morgan fingerprint density at radius 2 is 2.19 bits per heavy atom. The van der Waals surface area contributed by atoms with Gasteiger partial charge in [0, 0.05) is 0 Å². The molecule has 2 nitrogen and oxygen atoms in total. The van der Waals surface area contributed by atoms with E-state index < -0.39 is 5.60 Å². The lowest BCUT2D eigenvalue weighted by Gasteiger charge is -2.34. The van der Waals surface area contributed by atoms with Crippen LogP contribution >= 0.6 is 0 Å². The summed E-state index contributed by atoms with van der Waals surface area (Å²) in [5.74, 6) is 0. The van der Waals surface area contributed by atoms with E-state index in [4.69, 9.17) is 4.74 Å². The zero-order chi connectivity index (χ0) is 11.2. The predicted octanol–water partition coefficient (Wildman–Crippen LogP) is 2.17. The Balaban J connectivity index is 2.12. The first-order valence-corrected chi connectivity index (χ1v) is 5.80. The summed E-state index contributed by atoms with van der Waals surface area (Å²) in [7, 11) is 0. The van der Waals surface area contributed by atoms with Crippen LogP contribution in [0, 0.1) is 0 Å². The highest BCUT2D eigenvalue weighted by Crippen LogP contribution is 2.43. The van der Waals surface area contributed by atoms with Gasteiger partial charge in [-0.05, 0) is 42.0 Å². The fraction of sp³-hybridized carbons (Fsp3) is 0.429. The van der Waals surface area contributed by atoms with Crippen LogP contribution in [0.4, 0.5) is 0 Å². The number of hydrogen-bond donors (Lipinski definition) is 1. The zero-order valence-electron chi connectivity index (χ0n) is 9.49. The van der Waals surface area contributed by atoms with Crippen LogP contribution in [0.5, 0.6) is 0 Å². The average Bonchev–Trinajstić information content (AvgIpc) is 2.70. The molecule has 0 fully saturated rings. The van der Waals surface area contributed by atoms with E-state index in [9.17, 15) is 5.11 Å². The van der Waals surface area contributed by atoms with E-state index in [1.54, 1.807) is 0 Å². The Kier molecular flexibility index (Phi) is 2.16. The van der Waals surface area contributed by atoms with Crippen molar-refractivity contribution < 1.29 is 9.84 Å². The number of aliphatic hydroxyl groups is 1. The molecule has 0 aromatic heterocycles. The number of hydrogen-bond acceptors (Lipinski definition) is 2. The number of fused-ring (bicyclic) bond motifs is 2. The molecule has 1 aromatic rings. The molecule has 0 amide bonds. The third-order valence-corrected chi connectivity index (χ3v) is 3.79. The molecule has 1 N–H and O–H groups in total. The van der Waals surface area contributed by atoms with Crippen LogP contribution in [0.25, 0.3) is 5.57 Å². The molecule has 0 spiro atoms. The number of rotatable bonds is 1. The van der Waals surface area contributed by atoms with Gasteiger partial charge in [0.2, 0.25) is 0 Å². The van der Waals surface area contributed by atoms with Gasteiger partial charge in [0.05, 0.1) is 13.2 Å². The van der Waals surface area contributed by atoms with Crippen molar-refractivity contribution in [2.75, 3.05) is 13.2 Å². The van der Waals surface area contributed by atoms with Crippen molar-refractivity contribution in [2.45, 2.75) is 25.4 Å². The van der Waals surface area contributed by atoms with Crippen LogP contribution in [-0.4, -0.2) is 23.9 Å². The van der Waals surface area contributed by atoms with Crippen molar-refractivity contribution in [3.8, 4) is 0 Å². The maximum absolute atomic E-state index is 9.52. The number of aliphatic hydroxyl groups excluding tert-OH is 1. The minimum Gasteiger partial charge on any atom is -0.393 e. The molecule has 1 aliphatic heterocycles. The lowest BCUT2D eigenvalue weighted by Crippen LogP contribution is -2.39. The molecule has 3 rings (SSSR count). The Morgan fingerprint density at radius 1 is 1.38 bits per heavy atom. The van der Waals surface area contributed by atoms with Crippen molar-refractivity contribution in [3.05, 3.63) is 41.0 Å². The minimum atomic E-state index is -0.466. The monoisotopic (exact) mass is 216 g/mol. The first-order valence-electron chi connectivity index (χ1n) is 5.80. The lowest BCUT2D eigenvalue weighted by molar-refractivity contribution is -0.0449. The molecule has 1 heterocycles. The van der Waals surface area contributed by atoms with Crippen LogP contribution in [0.2, 0.25) is 0 Å². The lowest BCUT2D eigenvalue weighted by atomic mass is 9.88. The highest BCUT2D eigenvalue weighted by Gasteiger charge is 2.38. The molecule has 84 valence electrons. The molecule has 0 bridgehead atoms. The van der Waals surface area contributed by atoms with E-state index in [-0.39, 0.29) is 6.61 Å². The Hall–Kier alpha value is -1.12. The molecule has 2 aliphatic rings. The van der Waals surface area contributed by atoms with Gasteiger partial charge in [0.25, 0.3) is 0 Å². The molecular weight excluding hydrogens is 200 g/mol. The summed E-state index contributed by atoms with van der Waals surface area (Å²) in [6, 6.07) is 8.52. The van der Waals surface area contributed by atoms with Crippen LogP contribution in [0.1, 0.15) is 24.5 Å². The van der Waals surface area contributed by atoms with Gasteiger partial charge in [-0.2, -0.15) is 0 Å². The molecule has 1 unspecified atom stereocenters. The predicted molar refractivity (Wildman–Crippen MR) is 63.1 cm³/mol. The summed E-state index contributed by atoms with van der Waals surface area (Å²) in [6.07, 6.45) is 1.91. The third-order valence-electron chi connectivity index (χ3n) is 3.79. The summed E-state index contributed by atoms with van der Waals surface area (Å²) < 4.78 is 5.75. The van der Waals surface area contributed by atoms with Gasteiger partial charge < -0.3 is 9.84 Å². The molecule has 2 heteroatoms. The number of ether oxygens (including phenoxy) is 1. The summed E-state index contributed by atoms with van der Waals surface area (Å²) in [6.45, 7) is 2.78. The van der Waals surface area contributed by atoms with Gasteiger partial charge in [-0.1, -0.05) is 24.3 Å². The van der Waals surface area contributed by atoms with Crippen molar-refractivity contribution in [1.82, 2.24) is 0 Å². The van der Waals surface area contributed by atoms with E-state index in [1.165, 1.54) is 22.3 Å². The standard InChI is InChI=1S/C14H16O2/c1-14(9-15)13-8-10-4-2-3-5-11(10)12(13)6-7-16-14/h2-5,15H,6-9H2,1H3. The summed E-state index contributed by atoms with van der Waals surface area (Å²) >= 11 is 0. The van der Waals surface area contributed by atoms with Crippen molar-refractivity contribution in [3.63, 3.8) is 0 Å². The van der Waals surface area contributed by atoms with Gasteiger partial charge in [-0.25, -0.2) is 0 Å². The molecule has 1 aromatic carbocycles. The third kappa shape index (κ3) is 1.27. The van der Waals surface area contributed by atoms with Gasteiger partial charge in [0.15, 0.2) is 0 Å². The van der Waals surface area contributed by atoms with Gasteiger partial charge in [0.1, 0.15) is 5.60 Å². The van der Waals surface area contributed by atoms with Crippen LogP contribution in [-0.2, 0) is 11.2 Å². The molecule has 16 heavy (non-hydrogen) atoms. The normalized spacial score (nSPS) is 27.9. The van der Waals surface area contributed by atoms with Crippen molar-refractivity contribution >= 4 is 5.57 Å². The maximum Gasteiger partial charge on any atom is 0.110 e. The number of benzene rings is 1. The van der Waals surface area contributed by atoms with E-state index in [0.717, 1.165) is 12.8 Å². The summed E-state index contributed by atoms with van der Waals surface area (Å²) in [5, 5.41) is 9.52. The molecule has 1 aliphatic carbocycles. The van der Waals surface area contributed by atoms with Gasteiger partial charge in [-0.3, -0.25) is 0 Å². The molecule has 1 atom stereocenters. The highest BCUT2D eigenvalue weighted by atomic mass is 16.5. The highest BCUT2D eigenvalue weighted by molar-refractivity contribution is 5.78. The van der Waals surface area contributed by atoms with Gasteiger partial charge >= 0.3 is 0 Å². The minimum absolute atomic E-state index is 0.0693. The van der Waals surface area contributed by atoms with Crippen LogP contribution in [0.15, 0.2) is 29.8 Å². The summed E-state index contributed by atoms with van der Waals surface area (Å²) in [4.78, 5) is 0. The van der Waals surface area contributed by atoms with Crippen molar-refractivity contribution in [1.29, 1.82) is 0 Å². The SMILES string of the molecule is CC1(CO)OCCC2=C1Cc1ccccc12. The fourth-order valence-electron chi connectivity index (χ4n) is 2.83. The zero-order valence-corrected chi connectivity index (χ0v) is 9.49. The molecule has 0 saturated heterocycles. The maximum atomic E-state index is 9.52. The van der Waals surface area contributed by atoms with Crippen LogP contribution in [0.3, 0.4) is 0 Å². The Morgan fingerprint density at radius 3 is 3.00 bits per heavy atom. The second kappa shape index (κ2) is 3.44. The van der Waals surface area contributed by atoms with E-state index in [0.29, 0.717) is 6.61 Å². The van der Waals surface area contributed by atoms with E-state index >= 15 is 0 Å². The quantitative estimate of drug-likeness (QED) is 0.779. The van der Waals surface area contributed by atoms with E-state index in [1.807, 2.05) is 6.92 Å². The first-order chi connectivity index (χ1) is 7.74.